The van der Waals surface area contributed by atoms with Gasteiger partial charge in [-0.3, -0.25) is 4.79 Å². The minimum atomic E-state index is -0.615. The summed E-state index contributed by atoms with van der Waals surface area (Å²) in [5.41, 5.74) is 4.79. The predicted molar refractivity (Wildman–Crippen MR) is 204 cm³/mol. The lowest BCUT2D eigenvalue weighted by molar-refractivity contribution is -0.142. The number of unbranched alkanes of at least 4 members (excludes halogenated alkanes) is 2. The normalized spacial score (nSPS) is 20.6. The van der Waals surface area contributed by atoms with E-state index in [0.717, 1.165) is 74.8 Å². The minimum Gasteiger partial charge on any atom is -0.467 e. The van der Waals surface area contributed by atoms with E-state index in [1.807, 2.05) is 12.1 Å². The highest BCUT2D eigenvalue weighted by atomic mass is 19.1. The van der Waals surface area contributed by atoms with Crippen LogP contribution >= 0.6 is 0 Å². The standard InChI is InChI=1S/C40H54F2O5.C4H8O/c1-4-6-7-8-29-20-37(41)39(38(42)21-29)35-17-18-36(31(5-2)22-35)34-15-13-33(14-16-34)32-11-9-28(10-12-32)19-30(24-46-26-44)25-47-40(45)27(3)23-43;1-4(2)3-5/h17-18,20-22,26,28,30,32-34,43H,3-16,19,23-25H2,1-2H3;5H,1,3H2,2H3. The Kier molecular flexibility index (Phi) is 18.8. The van der Waals surface area contributed by atoms with Crippen molar-refractivity contribution < 1.29 is 38.1 Å². The number of aliphatic hydroxyl groups excluding tert-OH is 2. The van der Waals surface area contributed by atoms with Crippen LogP contribution in [0.25, 0.3) is 11.1 Å². The average molecular weight is 725 g/mol. The fourth-order valence-electron chi connectivity index (χ4n) is 8.08. The summed E-state index contributed by atoms with van der Waals surface area (Å²) < 4.78 is 40.7. The molecule has 1 unspecified atom stereocenters. The lowest BCUT2D eigenvalue weighted by atomic mass is 9.67. The molecule has 0 saturated heterocycles. The fourth-order valence-corrected chi connectivity index (χ4v) is 8.08. The quantitative estimate of drug-likeness (QED) is 0.0523. The van der Waals surface area contributed by atoms with E-state index in [1.165, 1.54) is 48.9 Å². The maximum Gasteiger partial charge on any atom is 0.335 e. The molecule has 6 nitrogen and oxygen atoms in total. The van der Waals surface area contributed by atoms with E-state index >= 15 is 8.78 Å². The summed E-state index contributed by atoms with van der Waals surface area (Å²) in [6.07, 6.45) is 14.7. The van der Waals surface area contributed by atoms with Gasteiger partial charge in [-0.15, -0.1) is 0 Å². The van der Waals surface area contributed by atoms with Crippen LogP contribution in [0.1, 0.15) is 120 Å². The van der Waals surface area contributed by atoms with E-state index < -0.39 is 24.2 Å². The van der Waals surface area contributed by atoms with Crippen LogP contribution in [0.2, 0.25) is 0 Å². The summed E-state index contributed by atoms with van der Waals surface area (Å²) in [5.74, 6) is 0.774. The van der Waals surface area contributed by atoms with Crippen LogP contribution in [0, 0.1) is 35.3 Å². The van der Waals surface area contributed by atoms with Gasteiger partial charge in [0.1, 0.15) is 11.6 Å². The number of aryl methyl sites for hydroxylation is 2. The topological polar surface area (TPSA) is 93.1 Å². The van der Waals surface area contributed by atoms with Gasteiger partial charge in [-0.05, 0) is 129 Å². The molecule has 2 aliphatic rings. The molecule has 1 atom stereocenters. The Morgan fingerprint density at radius 3 is 2.06 bits per heavy atom. The summed E-state index contributed by atoms with van der Waals surface area (Å²) in [6.45, 7) is 13.4. The molecule has 52 heavy (non-hydrogen) atoms. The highest BCUT2D eigenvalue weighted by molar-refractivity contribution is 5.87. The summed E-state index contributed by atoms with van der Waals surface area (Å²) in [6, 6.07) is 9.08. The molecule has 2 aliphatic carbocycles. The number of carbonyl (C=O) groups is 2. The van der Waals surface area contributed by atoms with Gasteiger partial charge < -0.3 is 19.7 Å². The highest BCUT2D eigenvalue weighted by Crippen LogP contribution is 2.46. The first kappa shape index (κ1) is 43.0. The molecule has 0 radical (unpaired) electrons. The van der Waals surface area contributed by atoms with Crippen molar-refractivity contribution >= 4 is 12.4 Å². The number of hydrogen-bond donors (Lipinski definition) is 2. The van der Waals surface area contributed by atoms with E-state index in [2.05, 4.69) is 33.1 Å². The summed E-state index contributed by atoms with van der Waals surface area (Å²) in [5, 5.41) is 17.1. The maximum absolute atomic E-state index is 15.2. The largest absolute Gasteiger partial charge is 0.467 e. The molecule has 8 heteroatoms. The molecule has 288 valence electrons. The van der Waals surface area contributed by atoms with Crippen molar-refractivity contribution in [2.75, 3.05) is 26.4 Å². The van der Waals surface area contributed by atoms with Gasteiger partial charge in [0.05, 0.1) is 37.6 Å². The number of rotatable bonds is 18. The first-order valence-corrected chi connectivity index (χ1v) is 19.4. The minimum absolute atomic E-state index is 0.0163. The molecule has 2 saturated carbocycles. The van der Waals surface area contributed by atoms with Crippen LogP contribution < -0.4 is 0 Å². The lowest BCUT2D eigenvalue weighted by Crippen LogP contribution is -2.28. The summed E-state index contributed by atoms with van der Waals surface area (Å²) in [7, 11) is 0. The van der Waals surface area contributed by atoms with E-state index in [1.54, 1.807) is 6.92 Å². The van der Waals surface area contributed by atoms with E-state index in [-0.39, 0.29) is 36.9 Å². The molecule has 0 aromatic heterocycles. The van der Waals surface area contributed by atoms with Crippen molar-refractivity contribution in [3.05, 3.63) is 83.0 Å². The third kappa shape index (κ3) is 13.2. The summed E-state index contributed by atoms with van der Waals surface area (Å²) in [4.78, 5) is 22.7. The molecule has 0 aliphatic heterocycles. The van der Waals surface area contributed by atoms with Gasteiger partial charge in [0.25, 0.3) is 6.47 Å². The number of ether oxygens (including phenoxy) is 2. The Balaban J connectivity index is 0.00000136. The number of halogens is 2. The second-order valence-electron chi connectivity index (χ2n) is 15.1. The third-order valence-electron chi connectivity index (χ3n) is 11.0. The van der Waals surface area contributed by atoms with Crippen LogP contribution in [0.15, 0.2) is 54.6 Å². The molecule has 4 rings (SSSR count). The zero-order valence-corrected chi connectivity index (χ0v) is 31.8. The second-order valence-corrected chi connectivity index (χ2v) is 15.1. The number of carbonyl (C=O) groups excluding carboxylic acids is 2. The van der Waals surface area contributed by atoms with Gasteiger partial charge in [0.2, 0.25) is 0 Å². The Morgan fingerprint density at radius 2 is 1.52 bits per heavy atom. The number of benzene rings is 2. The molecule has 0 spiro atoms. The van der Waals surface area contributed by atoms with Gasteiger partial charge in [0.15, 0.2) is 0 Å². The number of aliphatic hydroxyl groups is 2. The van der Waals surface area contributed by atoms with Crippen molar-refractivity contribution in [1.82, 2.24) is 0 Å². The van der Waals surface area contributed by atoms with Gasteiger partial charge in [-0.1, -0.05) is 76.5 Å². The zero-order valence-electron chi connectivity index (χ0n) is 31.8. The second kappa shape index (κ2) is 22.7. The molecule has 2 aromatic carbocycles. The van der Waals surface area contributed by atoms with Gasteiger partial charge in [-0.25, -0.2) is 13.6 Å². The van der Waals surface area contributed by atoms with E-state index in [4.69, 9.17) is 19.7 Å². The van der Waals surface area contributed by atoms with Crippen LogP contribution in [-0.2, 0) is 31.9 Å². The predicted octanol–water partition coefficient (Wildman–Crippen LogP) is 9.83. The Bertz CT molecular complexity index is 1420. The van der Waals surface area contributed by atoms with Crippen LogP contribution in [0.3, 0.4) is 0 Å². The molecule has 0 heterocycles. The summed E-state index contributed by atoms with van der Waals surface area (Å²) >= 11 is 0. The lowest BCUT2D eigenvalue weighted by Gasteiger charge is -2.39. The third-order valence-corrected chi connectivity index (χ3v) is 11.0. The number of hydrogen-bond acceptors (Lipinski definition) is 6. The van der Waals surface area contributed by atoms with Gasteiger partial charge in [0, 0.05) is 5.92 Å². The molecule has 2 aromatic rings. The van der Waals surface area contributed by atoms with Crippen molar-refractivity contribution in [2.24, 2.45) is 23.7 Å². The SMILES string of the molecule is C=C(C)CO.C=C(CO)C(=O)OCC(COC=O)CC1CCC(C2CCC(c3ccc(-c4c(F)cc(CCCCC)cc4F)cc3CC)CC2)CC1. The molecule has 0 bridgehead atoms. The number of esters is 1. The molecule has 2 fully saturated rings. The molecule has 0 amide bonds. The van der Waals surface area contributed by atoms with Crippen LogP contribution in [0.4, 0.5) is 8.78 Å². The highest BCUT2D eigenvalue weighted by Gasteiger charge is 2.33. The Labute approximate surface area is 310 Å². The first-order valence-electron chi connectivity index (χ1n) is 19.4. The zero-order chi connectivity index (χ0) is 38.0. The molecule has 2 N–H and O–H groups in total. The Hall–Kier alpha value is -3.36. The van der Waals surface area contributed by atoms with E-state index in [0.29, 0.717) is 36.2 Å². The van der Waals surface area contributed by atoms with Crippen molar-refractivity contribution in [3.63, 3.8) is 0 Å². The van der Waals surface area contributed by atoms with Crippen molar-refractivity contribution in [2.45, 2.75) is 117 Å². The van der Waals surface area contributed by atoms with Crippen LogP contribution in [0.5, 0.6) is 0 Å². The molecular weight excluding hydrogens is 662 g/mol. The smallest absolute Gasteiger partial charge is 0.335 e. The van der Waals surface area contributed by atoms with Crippen molar-refractivity contribution in [3.8, 4) is 11.1 Å². The Morgan fingerprint density at radius 1 is 0.904 bits per heavy atom. The fraction of sp³-hybridized carbons (Fsp3) is 0.591. The monoisotopic (exact) mass is 724 g/mol. The molecular formula is C44H62F2O6. The van der Waals surface area contributed by atoms with Crippen molar-refractivity contribution in [1.29, 1.82) is 0 Å². The van der Waals surface area contributed by atoms with Crippen LogP contribution in [-0.4, -0.2) is 49.1 Å². The average Bonchev–Trinajstić information content (AvgIpc) is 3.15. The maximum atomic E-state index is 15.2. The first-order chi connectivity index (χ1) is 25.0. The van der Waals surface area contributed by atoms with E-state index in [9.17, 15) is 9.59 Å². The van der Waals surface area contributed by atoms with Gasteiger partial charge >= 0.3 is 5.97 Å². The van der Waals surface area contributed by atoms with Gasteiger partial charge in [-0.2, -0.15) is 0 Å².